The van der Waals surface area contributed by atoms with Gasteiger partial charge in [-0.1, -0.05) is 30.3 Å². The van der Waals surface area contributed by atoms with Crippen LogP contribution in [0, 0.1) is 0 Å². The van der Waals surface area contributed by atoms with Crippen molar-refractivity contribution in [2.45, 2.75) is 19.8 Å². The van der Waals surface area contributed by atoms with Gasteiger partial charge in [0.2, 0.25) is 5.91 Å². The van der Waals surface area contributed by atoms with Crippen molar-refractivity contribution < 1.29 is 14.3 Å². The van der Waals surface area contributed by atoms with Crippen LogP contribution in [0.2, 0.25) is 0 Å². The van der Waals surface area contributed by atoms with E-state index >= 15 is 0 Å². The van der Waals surface area contributed by atoms with Crippen molar-refractivity contribution in [1.82, 2.24) is 0 Å². The van der Waals surface area contributed by atoms with E-state index < -0.39 is 0 Å². The molecule has 3 rings (SSSR count). The maximum Gasteiger partial charge on any atom is 0.227 e. The maximum absolute atomic E-state index is 12.5. The molecule has 0 saturated carbocycles. The fraction of sp³-hybridized carbons (Fsp3) is 0.238. The Balaban J connectivity index is 1.75. The topological polar surface area (TPSA) is 46.6 Å². The summed E-state index contributed by atoms with van der Waals surface area (Å²) < 4.78 is 5.46. The molecule has 0 spiro atoms. The fourth-order valence-electron chi connectivity index (χ4n) is 2.89. The normalized spacial score (nSPS) is 14.3. The monoisotopic (exact) mass is 335 g/mol. The molecule has 0 bridgehead atoms. The third kappa shape index (κ3) is 4.15. The zero-order chi connectivity index (χ0) is 17.6. The first-order valence-electron chi connectivity index (χ1n) is 8.53. The highest BCUT2D eigenvalue weighted by atomic mass is 16.5. The molecule has 0 aromatic heterocycles. The zero-order valence-electron chi connectivity index (χ0n) is 14.3. The van der Waals surface area contributed by atoms with Gasteiger partial charge in [-0.2, -0.15) is 0 Å². The number of hydrogen-bond acceptors (Lipinski definition) is 3. The first kappa shape index (κ1) is 17.0. The van der Waals surface area contributed by atoms with Crippen LogP contribution in [-0.4, -0.2) is 24.8 Å². The number of amides is 1. The van der Waals surface area contributed by atoms with Crippen LogP contribution in [-0.2, 0) is 4.79 Å². The average Bonchev–Trinajstić information content (AvgIpc) is 3.06. The van der Waals surface area contributed by atoms with E-state index in [0.29, 0.717) is 18.6 Å². The Morgan fingerprint density at radius 3 is 2.80 bits per heavy atom. The van der Waals surface area contributed by atoms with Gasteiger partial charge in [0.1, 0.15) is 5.75 Å². The van der Waals surface area contributed by atoms with Crippen LogP contribution < -0.4 is 9.64 Å². The molecule has 1 aliphatic rings. The minimum Gasteiger partial charge on any atom is -0.494 e. The number of benzene rings is 2. The predicted octanol–water partition coefficient (Wildman–Crippen LogP) is 4.11. The molecule has 0 radical (unpaired) electrons. The van der Waals surface area contributed by atoms with Crippen molar-refractivity contribution in [2.24, 2.45) is 0 Å². The van der Waals surface area contributed by atoms with Gasteiger partial charge in [-0.25, -0.2) is 0 Å². The number of nitrogens with zero attached hydrogens (tertiary/aromatic N) is 1. The summed E-state index contributed by atoms with van der Waals surface area (Å²) in [6, 6.07) is 14.8. The van der Waals surface area contributed by atoms with Gasteiger partial charge in [0, 0.05) is 24.2 Å². The second kappa shape index (κ2) is 7.79. The van der Waals surface area contributed by atoms with Gasteiger partial charge in [0.15, 0.2) is 5.78 Å². The van der Waals surface area contributed by atoms with Gasteiger partial charge >= 0.3 is 0 Å². The molecule has 0 unspecified atom stereocenters. The maximum atomic E-state index is 12.5. The highest BCUT2D eigenvalue weighted by Crippen LogP contribution is 2.23. The lowest BCUT2D eigenvalue weighted by Gasteiger charge is -2.16. The summed E-state index contributed by atoms with van der Waals surface area (Å²) in [6.45, 7) is 3.26. The molecule has 1 fully saturated rings. The highest BCUT2D eigenvalue weighted by molar-refractivity contribution is 6.08. The molecular weight excluding hydrogens is 314 g/mol. The van der Waals surface area contributed by atoms with E-state index in [2.05, 4.69) is 0 Å². The van der Waals surface area contributed by atoms with Gasteiger partial charge < -0.3 is 9.64 Å². The molecule has 1 aliphatic heterocycles. The number of hydrogen-bond donors (Lipinski definition) is 0. The van der Waals surface area contributed by atoms with Crippen molar-refractivity contribution >= 4 is 23.5 Å². The Hall–Kier alpha value is -2.88. The van der Waals surface area contributed by atoms with Gasteiger partial charge in [0.05, 0.1) is 6.61 Å². The van der Waals surface area contributed by atoms with Gasteiger partial charge in [-0.3, -0.25) is 9.59 Å². The molecule has 2 aromatic rings. The van der Waals surface area contributed by atoms with E-state index in [4.69, 9.17) is 4.74 Å². The highest BCUT2D eigenvalue weighted by Gasteiger charge is 2.21. The van der Waals surface area contributed by atoms with E-state index in [0.717, 1.165) is 30.0 Å². The Morgan fingerprint density at radius 1 is 1.20 bits per heavy atom. The lowest BCUT2D eigenvalue weighted by atomic mass is 10.1. The van der Waals surface area contributed by atoms with Crippen molar-refractivity contribution in [3.05, 3.63) is 65.7 Å². The largest absolute Gasteiger partial charge is 0.494 e. The predicted molar refractivity (Wildman–Crippen MR) is 99.0 cm³/mol. The summed E-state index contributed by atoms with van der Waals surface area (Å²) in [7, 11) is 0. The Morgan fingerprint density at radius 2 is 2.04 bits per heavy atom. The van der Waals surface area contributed by atoms with Crippen LogP contribution >= 0.6 is 0 Å². The van der Waals surface area contributed by atoms with E-state index in [9.17, 15) is 9.59 Å². The molecule has 2 aromatic carbocycles. The molecule has 25 heavy (non-hydrogen) atoms. The summed E-state index contributed by atoms with van der Waals surface area (Å²) in [6.07, 6.45) is 4.77. The standard InChI is InChI=1S/C21H21NO3/c1-2-25-19-9-3-6-16(14-19)11-12-20(23)17-7-4-8-18(15-17)22-13-5-10-21(22)24/h3-4,6-9,11-12,14-15H,2,5,10,13H2,1H3/b12-11+. The van der Waals surface area contributed by atoms with Crippen LogP contribution in [0.4, 0.5) is 5.69 Å². The third-order valence-corrected chi connectivity index (χ3v) is 4.11. The molecular formula is C21H21NO3. The lowest BCUT2D eigenvalue weighted by molar-refractivity contribution is -0.117. The Bertz CT molecular complexity index is 810. The van der Waals surface area contributed by atoms with Crippen LogP contribution in [0.25, 0.3) is 6.08 Å². The number of allylic oxidation sites excluding steroid dienone is 1. The molecule has 0 N–H and O–H groups in total. The zero-order valence-corrected chi connectivity index (χ0v) is 14.3. The Labute approximate surface area is 147 Å². The van der Waals surface area contributed by atoms with Gasteiger partial charge in [-0.05, 0) is 49.2 Å². The molecule has 4 nitrogen and oxygen atoms in total. The quantitative estimate of drug-likeness (QED) is 0.589. The van der Waals surface area contributed by atoms with Crippen LogP contribution in [0.1, 0.15) is 35.7 Å². The number of carbonyl (C=O) groups is 2. The van der Waals surface area contributed by atoms with Crippen LogP contribution in [0.15, 0.2) is 54.6 Å². The number of anilines is 1. The fourth-order valence-corrected chi connectivity index (χ4v) is 2.89. The molecule has 1 heterocycles. The van der Waals surface area contributed by atoms with E-state index in [1.807, 2.05) is 43.3 Å². The third-order valence-electron chi connectivity index (χ3n) is 4.11. The molecule has 1 saturated heterocycles. The number of ketones is 1. The smallest absolute Gasteiger partial charge is 0.227 e. The molecule has 0 aliphatic carbocycles. The lowest BCUT2D eigenvalue weighted by Crippen LogP contribution is -2.23. The summed E-state index contributed by atoms with van der Waals surface area (Å²) >= 11 is 0. The van der Waals surface area contributed by atoms with Crippen molar-refractivity contribution in [3.63, 3.8) is 0 Å². The van der Waals surface area contributed by atoms with E-state index in [1.54, 1.807) is 29.2 Å². The summed E-state index contributed by atoms with van der Waals surface area (Å²) in [5.74, 6) is 0.815. The van der Waals surface area contributed by atoms with E-state index in [-0.39, 0.29) is 11.7 Å². The van der Waals surface area contributed by atoms with Gasteiger partial charge in [-0.15, -0.1) is 0 Å². The minimum absolute atomic E-state index is 0.0877. The van der Waals surface area contributed by atoms with Crippen molar-refractivity contribution in [2.75, 3.05) is 18.1 Å². The SMILES string of the molecule is CCOc1cccc(/C=C/C(=O)c2cccc(N3CCCC3=O)c2)c1. The second-order valence-electron chi connectivity index (χ2n) is 5.90. The molecule has 0 atom stereocenters. The number of ether oxygens (including phenoxy) is 1. The first-order valence-corrected chi connectivity index (χ1v) is 8.53. The molecule has 4 heteroatoms. The summed E-state index contributed by atoms with van der Waals surface area (Å²) in [5, 5.41) is 0. The molecule has 128 valence electrons. The number of carbonyl (C=O) groups excluding carboxylic acids is 2. The average molecular weight is 335 g/mol. The van der Waals surface area contributed by atoms with Gasteiger partial charge in [0.25, 0.3) is 0 Å². The Kier molecular flexibility index (Phi) is 5.29. The number of rotatable bonds is 6. The van der Waals surface area contributed by atoms with Crippen LogP contribution in [0.5, 0.6) is 5.75 Å². The minimum atomic E-state index is -0.0877. The summed E-state index contributed by atoms with van der Waals surface area (Å²) in [5.41, 5.74) is 2.28. The second-order valence-corrected chi connectivity index (χ2v) is 5.90. The van der Waals surface area contributed by atoms with Crippen LogP contribution in [0.3, 0.4) is 0 Å². The van der Waals surface area contributed by atoms with Crippen molar-refractivity contribution in [3.8, 4) is 5.75 Å². The first-order chi connectivity index (χ1) is 12.2. The molecule has 1 amide bonds. The summed E-state index contributed by atoms with van der Waals surface area (Å²) in [4.78, 5) is 26.1. The van der Waals surface area contributed by atoms with Crippen molar-refractivity contribution in [1.29, 1.82) is 0 Å². The van der Waals surface area contributed by atoms with E-state index in [1.165, 1.54) is 0 Å².